The molecule has 0 aliphatic carbocycles. The molecule has 1 atom stereocenters. The predicted molar refractivity (Wildman–Crippen MR) is 110 cm³/mol. The number of piperazine rings is 1. The van der Waals surface area contributed by atoms with Gasteiger partial charge in [0.05, 0.1) is 38.4 Å². The van der Waals surface area contributed by atoms with Gasteiger partial charge in [0.15, 0.2) is 24.1 Å². The number of ether oxygens (including phenoxy) is 2. The second-order valence-corrected chi connectivity index (χ2v) is 7.67. The van der Waals surface area contributed by atoms with Gasteiger partial charge >= 0.3 is 0 Å². The molecule has 7 heteroatoms. The molecule has 0 unspecified atom stereocenters. The number of phenolic OH excluding ortho intramolecular Hbond substituents is 1. The molecular weight excluding hydrogens is 370 g/mol. The Hall–Kier alpha value is -2.93. The van der Waals surface area contributed by atoms with Crippen molar-refractivity contribution in [2.24, 2.45) is 0 Å². The minimum Gasteiger partial charge on any atom is -0.506 e. The van der Waals surface area contributed by atoms with Crippen LogP contribution in [-0.2, 0) is 4.79 Å². The number of para-hydroxylation sites is 4. The molecule has 2 aliphatic rings. The number of rotatable bonds is 5. The summed E-state index contributed by atoms with van der Waals surface area (Å²) in [5.41, 5.74) is 0.865. The number of hydrogen-bond acceptors (Lipinski definition) is 5. The first-order valence-corrected chi connectivity index (χ1v) is 10.1. The second-order valence-electron chi connectivity index (χ2n) is 7.67. The summed E-state index contributed by atoms with van der Waals surface area (Å²) < 4.78 is 11.7. The summed E-state index contributed by atoms with van der Waals surface area (Å²) >= 11 is 0. The Balaban J connectivity index is 1.24. The fraction of sp³-hybridized carbons (Fsp3) is 0.409. The normalized spacial score (nSPS) is 19.1. The van der Waals surface area contributed by atoms with Crippen LogP contribution in [0.2, 0.25) is 0 Å². The number of quaternary nitrogens is 1. The smallest absolute Gasteiger partial charge is 0.277 e. The zero-order valence-electron chi connectivity index (χ0n) is 16.7. The van der Waals surface area contributed by atoms with Gasteiger partial charge < -0.3 is 29.3 Å². The molecule has 1 amide bonds. The first-order chi connectivity index (χ1) is 14.1. The Kier molecular flexibility index (Phi) is 5.76. The number of likely N-dealkylation sites (N-methyl/N-ethyl adjacent to an activating group) is 1. The van der Waals surface area contributed by atoms with E-state index in [1.54, 1.807) is 11.0 Å². The van der Waals surface area contributed by atoms with Crippen LogP contribution < -0.4 is 19.3 Å². The van der Waals surface area contributed by atoms with Crippen LogP contribution in [0.4, 0.5) is 5.69 Å². The van der Waals surface area contributed by atoms with E-state index in [0.29, 0.717) is 25.4 Å². The van der Waals surface area contributed by atoms with Gasteiger partial charge in [0, 0.05) is 7.05 Å². The summed E-state index contributed by atoms with van der Waals surface area (Å²) in [6.45, 7) is 4.79. The minimum absolute atomic E-state index is 0.110. The molecule has 0 bridgehead atoms. The molecule has 0 spiro atoms. The van der Waals surface area contributed by atoms with E-state index >= 15 is 0 Å². The van der Waals surface area contributed by atoms with Crippen molar-refractivity contribution in [1.82, 2.24) is 4.90 Å². The average Bonchev–Trinajstić information content (AvgIpc) is 2.74. The largest absolute Gasteiger partial charge is 0.506 e. The van der Waals surface area contributed by atoms with Crippen molar-refractivity contribution < 1.29 is 24.3 Å². The molecule has 29 heavy (non-hydrogen) atoms. The highest BCUT2D eigenvalue weighted by molar-refractivity contribution is 5.76. The number of nitrogens with zero attached hydrogens (tertiary/aromatic N) is 2. The number of nitrogens with one attached hydrogen (secondary N) is 1. The number of anilines is 1. The average molecular weight is 398 g/mol. The SMILES string of the molecule is CN(C[C@H]1COc2ccccc2O1)C(=O)C[NH+]1CCN(c2ccccc2O)CC1. The molecular formula is C22H28N3O4+. The highest BCUT2D eigenvalue weighted by Crippen LogP contribution is 2.31. The van der Waals surface area contributed by atoms with E-state index in [0.717, 1.165) is 43.4 Å². The Labute approximate surface area is 171 Å². The maximum absolute atomic E-state index is 12.7. The molecule has 2 aromatic carbocycles. The summed E-state index contributed by atoms with van der Waals surface area (Å²) in [5, 5.41) is 10.0. The number of phenols is 1. The minimum atomic E-state index is -0.160. The van der Waals surface area contributed by atoms with Gasteiger partial charge in [0.1, 0.15) is 12.4 Å². The van der Waals surface area contributed by atoms with Crippen molar-refractivity contribution in [1.29, 1.82) is 0 Å². The number of carbonyl (C=O) groups excluding carboxylic acids is 1. The molecule has 2 heterocycles. The van der Waals surface area contributed by atoms with Gasteiger partial charge in [0.25, 0.3) is 5.91 Å². The quantitative estimate of drug-likeness (QED) is 0.763. The molecule has 2 aromatic rings. The summed E-state index contributed by atoms with van der Waals surface area (Å²) in [6, 6.07) is 15.0. The number of hydrogen-bond donors (Lipinski definition) is 2. The number of fused-ring (bicyclic) bond motifs is 1. The van der Waals surface area contributed by atoms with Crippen molar-refractivity contribution >= 4 is 11.6 Å². The Bertz CT molecular complexity index is 851. The molecule has 1 saturated heterocycles. The van der Waals surface area contributed by atoms with Gasteiger partial charge in [0.2, 0.25) is 0 Å². The lowest BCUT2D eigenvalue weighted by Gasteiger charge is -2.34. The van der Waals surface area contributed by atoms with Crippen LogP contribution in [0.1, 0.15) is 0 Å². The van der Waals surface area contributed by atoms with E-state index in [-0.39, 0.29) is 12.0 Å². The maximum atomic E-state index is 12.7. The van der Waals surface area contributed by atoms with Crippen LogP contribution >= 0.6 is 0 Å². The third kappa shape index (κ3) is 4.56. The van der Waals surface area contributed by atoms with Crippen LogP contribution in [0.3, 0.4) is 0 Å². The maximum Gasteiger partial charge on any atom is 0.277 e. The predicted octanol–water partition coefficient (Wildman–Crippen LogP) is 0.396. The summed E-state index contributed by atoms with van der Waals surface area (Å²) in [7, 11) is 1.82. The van der Waals surface area contributed by atoms with Gasteiger partial charge in [-0.05, 0) is 24.3 Å². The third-order valence-electron chi connectivity index (χ3n) is 5.56. The molecule has 1 fully saturated rings. The van der Waals surface area contributed by atoms with Crippen molar-refractivity contribution in [3.63, 3.8) is 0 Å². The lowest BCUT2D eigenvalue weighted by Crippen LogP contribution is -3.15. The summed E-state index contributed by atoms with van der Waals surface area (Å²) in [5.74, 6) is 1.90. The molecule has 154 valence electrons. The molecule has 4 rings (SSSR count). The molecule has 0 radical (unpaired) electrons. The topological polar surface area (TPSA) is 66.7 Å². The number of benzene rings is 2. The molecule has 0 saturated carbocycles. The van der Waals surface area contributed by atoms with E-state index in [4.69, 9.17) is 9.47 Å². The van der Waals surface area contributed by atoms with E-state index in [1.165, 1.54) is 4.90 Å². The Morgan fingerprint density at radius 3 is 2.59 bits per heavy atom. The molecule has 7 nitrogen and oxygen atoms in total. The number of aromatic hydroxyl groups is 1. The van der Waals surface area contributed by atoms with E-state index in [2.05, 4.69) is 4.90 Å². The Morgan fingerprint density at radius 1 is 1.14 bits per heavy atom. The molecule has 0 aromatic heterocycles. The molecule has 2 aliphatic heterocycles. The second kappa shape index (κ2) is 8.61. The Morgan fingerprint density at radius 2 is 1.83 bits per heavy atom. The lowest BCUT2D eigenvalue weighted by molar-refractivity contribution is -0.892. The van der Waals surface area contributed by atoms with E-state index in [9.17, 15) is 9.90 Å². The van der Waals surface area contributed by atoms with Crippen molar-refractivity contribution in [2.75, 3.05) is 57.8 Å². The van der Waals surface area contributed by atoms with Crippen LogP contribution in [0.5, 0.6) is 17.2 Å². The van der Waals surface area contributed by atoms with E-state index in [1.807, 2.05) is 49.5 Å². The van der Waals surface area contributed by atoms with Crippen LogP contribution in [-0.4, -0.2) is 74.9 Å². The fourth-order valence-electron chi connectivity index (χ4n) is 3.88. The fourth-order valence-corrected chi connectivity index (χ4v) is 3.88. The summed E-state index contributed by atoms with van der Waals surface area (Å²) in [6.07, 6.45) is -0.160. The van der Waals surface area contributed by atoms with Gasteiger partial charge in [-0.1, -0.05) is 24.3 Å². The zero-order valence-corrected chi connectivity index (χ0v) is 16.7. The zero-order chi connectivity index (χ0) is 20.2. The first-order valence-electron chi connectivity index (χ1n) is 10.1. The van der Waals surface area contributed by atoms with Crippen LogP contribution in [0.15, 0.2) is 48.5 Å². The molecule has 2 N–H and O–H groups in total. The third-order valence-corrected chi connectivity index (χ3v) is 5.56. The first kappa shape index (κ1) is 19.4. The standard InChI is InChI=1S/C22H27N3O4/c1-23(14-17-16-28-20-8-4-5-9-21(20)29-17)22(27)15-24-10-12-25(13-11-24)18-6-2-3-7-19(18)26/h2-9,17,26H,10-16H2,1H3/p+1/t17-/m0/s1. The van der Waals surface area contributed by atoms with Gasteiger partial charge in [-0.15, -0.1) is 0 Å². The lowest BCUT2D eigenvalue weighted by atomic mass is 10.2. The number of amides is 1. The summed E-state index contributed by atoms with van der Waals surface area (Å²) in [4.78, 5) is 17.9. The van der Waals surface area contributed by atoms with Crippen LogP contribution in [0.25, 0.3) is 0 Å². The van der Waals surface area contributed by atoms with Crippen molar-refractivity contribution in [3.05, 3.63) is 48.5 Å². The van der Waals surface area contributed by atoms with E-state index < -0.39 is 0 Å². The van der Waals surface area contributed by atoms with Crippen molar-refractivity contribution in [3.8, 4) is 17.2 Å². The highest BCUT2D eigenvalue weighted by Gasteiger charge is 2.27. The van der Waals surface area contributed by atoms with Gasteiger partial charge in [-0.2, -0.15) is 0 Å². The number of carbonyl (C=O) groups is 1. The highest BCUT2D eigenvalue weighted by atomic mass is 16.6. The monoisotopic (exact) mass is 398 g/mol. The van der Waals surface area contributed by atoms with Crippen molar-refractivity contribution in [2.45, 2.75) is 6.10 Å². The van der Waals surface area contributed by atoms with Crippen LogP contribution in [0, 0.1) is 0 Å². The van der Waals surface area contributed by atoms with Gasteiger partial charge in [-0.3, -0.25) is 4.79 Å². The van der Waals surface area contributed by atoms with Gasteiger partial charge in [-0.25, -0.2) is 0 Å².